The van der Waals surface area contributed by atoms with Crippen LogP contribution in [0.1, 0.15) is 46.0 Å². The first-order chi connectivity index (χ1) is 6.31. The number of rotatable bonds is 9. The molecule has 4 heteroatoms. The minimum Gasteiger partial charge on any atom is -0.219 e. The van der Waals surface area contributed by atoms with Crippen LogP contribution in [0, 0.1) is 5.92 Å². The Labute approximate surface area is 79.6 Å². The highest BCUT2D eigenvalue weighted by Gasteiger charge is 2.02. The van der Waals surface area contributed by atoms with Crippen molar-refractivity contribution in [2.75, 3.05) is 6.61 Å². The SMILES string of the molecule is CCCCCCC(C)COOOO. The molecular weight excluding hydrogens is 172 g/mol. The van der Waals surface area contributed by atoms with Crippen LogP contribution in [-0.4, -0.2) is 11.9 Å². The molecule has 0 aliphatic rings. The van der Waals surface area contributed by atoms with E-state index < -0.39 is 0 Å². The van der Waals surface area contributed by atoms with Crippen molar-refractivity contribution >= 4 is 0 Å². The first-order valence-corrected chi connectivity index (χ1v) is 4.91. The molecule has 0 heterocycles. The van der Waals surface area contributed by atoms with Gasteiger partial charge in [-0.1, -0.05) is 39.5 Å². The molecule has 1 unspecified atom stereocenters. The molecule has 0 bridgehead atoms. The fourth-order valence-electron chi connectivity index (χ4n) is 1.17. The molecule has 0 saturated heterocycles. The zero-order valence-corrected chi connectivity index (χ0v) is 8.49. The summed E-state index contributed by atoms with van der Waals surface area (Å²) < 4.78 is 0. The second kappa shape index (κ2) is 9.92. The predicted octanol–water partition coefficient (Wildman–Crippen LogP) is 2.95. The second-order valence-electron chi connectivity index (χ2n) is 3.38. The van der Waals surface area contributed by atoms with E-state index >= 15 is 0 Å². The van der Waals surface area contributed by atoms with Crippen LogP contribution in [0.25, 0.3) is 0 Å². The monoisotopic (exact) mass is 192 g/mol. The first kappa shape index (κ1) is 12.8. The summed E-state index contributed by atoms with van der Waals surface area (Å²) in [7, 11) is 0. The molecule has 0 rings (SSSR count). The molecule has 0 aromatic heterocycles. The topological polar surface area (TPSA) is 47.9 Å². The average Bonchev–Trinajstić information content (AvgIpc) is 2.13. The van der Waals surface area contributed by atoms with Gasteiger partial charge in [0.1, 0.15) is 0 Å². The Morgan fingerprint density at radius 3 is 2.62 bits per heavy atom. The van der Waals surface area contributed by atoms with Crippen molar-refractivity contribution in [3.05, 3.63) is 0 Å². The van der Waals surface area contributed by atoms with E-state index in [1.807, 2.05) is 0 Å². The molecule has 80 valence electrons. The Bertz CT molecular complexity index is 97.6. The van der Waals surface area contributed by atoms with E-state index in [0.29, 0.717) is 12.5 Å². The van der Waals surface area contributed by atoms with Crippen LogP contribution < -0.4 is 0 Å². The Morgan fingerprint density at radius 1 is 1.23 bits per heavy atom. The summed E-state index contributed by atoms with van der Waals surface area (Å²) in [6, 6.07) is 0. The minimum absolute atomic E-state index is 0.437. The molecule has 0 spiro atoms. The van der Waals surface area contributed by atoms with Crippen molar-refractivity contribution in [3.63, 3.8) is 0 Å². The molecule has 0 radical (unpaired) electrons. The van der Waals surface area contributed by atoms with E-state index in [0.717, 1.165) is 6.42 Å². The van der Waals surface area contributed by atoms with Crippen molar-refractivity contribution in [2.24, 2.45) is 5.92 Å². The summed E-state index contributed by atoms with van der Waals surface area (Å²) in [5.41, 5.74) is 0. The summed E-state index contributed by atoms with van der Waals surface area (Å²) in [5, 5.41) is 15.0. The molecule has 13 heavy (non-hydrogen) atoms. The molecule has 0 fully saturated rings. The van der Waals surface area contributed by atoms with Crippen molar-refractivity contribution in [2.45, 2.75) is 46.0 Å². The van der Waals surface area contributed by atoms with Crippen molar-refractivity contribution < 1.29 is 20.2 Å². The van der Waals surface area contributed by atoms with E-state index in [1.165, 1.54) is 25.7 Å². The third kappa shape index (κ3) is 9.76. The maximum Gasteiger partial charge on any atom is 0.0880 e. The van der Waals surface area contributed by atoms with E-state index in [9.17, 15) is 0 Å². The van der Waals surface area contributed by atoms with Gasteiger partial charge in [0.2, 0.25) is 0 Å². The zero-order chi connectivity index (χ0) is 9.94. The average molecular weight is 192 g/mol. The molecule has 0 aromatic carbocycles. The maximum absolute atomic E-state index is 7.78. The third-order valence-corrected chi connectivity index (χ3v) is 1.98. The standard InChI is InChI=1S/C9H20O4/c1-3-4-5-6-7-9(2)8-11-13-12-10/h9-10H,3-8H2,1-2H3. The Kier molecular flexibility index (Phi) is 9.80. The van der Waals surface area contributed by atoms with Gasteiger partial charge in [0.15, 0.2) is 0 Å². The summed E-state index contributed by atoms with van der Waals surface area (Å²) in [4.78, 5) is 4.53. The van der Waals surface area contributed by atoms with Crippen LogP contribution in [0.4, 0.5) is 0 Å². The lowest BCUT2D eigenvalue weighted by Crippen LogP contribution is -2.06. The second-order valence-corrected chi connectivity index (χ2v) is 3.38. The molecule has 0 amide bonds. The summed E-state index contributed by atoms with van der Waals surface area (Å²) in [6.07, 6.45) is 6.17. The normalized spacial score (nSPS) is 13.2. The molecule has 1 atom stereocenters. The summed E-state index contributed by atoms with van der Waals surface area (Å²) >= 11 is 0. The molecular formula is C9H20O4. The van der Waals surface area contributed by atoms with Crippen molar-refractivity contribution in [1.29, 1.82) is 0 Å². The molecule has 0 aliphatic carbocycles. The van der Waals surface area contributed by atoms with E-state index in [1.54, 1.807) is 0 Å². The lowest BCUT2D eigenvalue weighted by Gasteiger charge is -2.08. The highest BCUT2D eigenvalue weighted by atomic mass is 17.6. The van der Waals surface area contributed by atoms with Crippen LogP contribution in [0.3, 0.4) is 0 Å². The van der Waals surface area contributed by atoms with Gasteiger partial charge in [-0.2, -0.15) is 0 Å². The van der Waals surface area contributed by atoms with Crippen molar-refractivity contribution in [1.82, 2.24) is 0 Å². The number of hydrogen-bond donors (Lipinski definition) is 1. The highest BCUT2D eigenvalue weighted by molar-refractivity contribution is 4.51. The first-order valence-electron chi connectivity index (χ1n) is 4.91. The lowest BCUT2D eigenvalue weighted by molar-refractivity contribution is -0.624. The highest BCUT2D eigenvalue weighted by Crippen LogP contribution is 2.10. The Balaban J connectivity index is 3.05. The largest absolute Gasteiger partial charge is 0.219 e. The predicted molar refractivity (Wildman–Crippen MR) is 48.7 cm³/mol. The van der Waals surface area contributed by atoms with Gasteiger partial charge in [0.05, 0.1) is 6.61 Å². The molecule has 0 aliphatic heterocycles. The molecule has 4 nitrogen and oxygen atoms in total. The number of unbranched alkanes of at least 4 members (excludes halogenated alkanes) is 3. The van der Waals surface area contributed by atoms with E-state index in [2.05, 4.69) is 28.8 Å². The third-order valence-electron chi connectivity index (χ3n) is 1.98. The zero-order valence-electron chi connectivity index (χ0n) is 8.49. The molecule has 1 N–H and O–H groups in total. The smallest absolute Gasteiger partial charge is 0.0880 e. The van der Waals surface area contributed by atoms with Crippen LogP contribution in [0.15, 0.2) is 0 Å². The van der Waals surface area contributed by atoms with E-state index in [4.69, 9.17) is 5.26 Å². The lowest BCUT2D eigenvalue weighted by atomic mass is 10.0. The Morgan fingerprint density at radius 2 is 2.00 bits per heavy atom. The van der Waals surface area contributed by atoms with Crippen LogP contribution in [-0.2, 0) is 15.0 Å². The van der Waals surface area contributed by atoms with Gasteiger partial charge in [-0.25, -0.2) is 10.1 Å². The van der Waals surface area contributed by atoms with Crippen LogP contribution in [0.2, 0.25) is 0 Å². The van der Waals surface area contributed by atoms with Gasteiger partial charge < -0.3 is 0 Å². The summed E-state index contributed by atoms with van der Waals surface area (Å²) in [6.45, 7) is 4.72. The van der Waals surface area contributed by atoms with Crippen LogP contribution in [0.5, 0.6) is 0 Å². The Hall–Kier alpha value is -0.160. The van der Waals surface area contributed by atoms with Gasteiger partial charge in [0, 0.05) is 0 Å². The van der Waals surface area contributed by atoms with Gasteiger partial charge >= 0.3 is 0 Å². The van der Waals surface area contributed by atoms with Crippen molar-refractivity contribution in [3.8, 4) is 0 Å². The molecule has 0 aromatic rings. The van der Waals surface area contributed by atoms with Crippen LogP contribution >= 0.6 is 0 Å². The van der Waals surface area contributed by atoms with Gasteiger partial charge in [-0.05, 0) is 22.4 Å². The maximum atomic E-state index is 7.78. The van der Waals surface area contributed by atoms with E-state index in [-0.39, 0.29) is 0 Å². The fraction of sp³-hybridized carbons (Fsp3) is 1.00. The van der Waals surface area contributed by atoms with Gasteiger partial charge in [0.25, 0.3) is 0 Å². The van der Waals surface area contributed by atoms with Gasteiger partial charge in [-0.15, -0.1) is 0 Å². The van der Waals surface area contributed by atoms with Gasteiger partial charge in [-0.3, -0.25) is 0 Å². The fourth-order valence-corrected chi connectivity index (χ4v) is 1.17. The molecule has 0 saturated carbocycles. The summed E-state index contributed by atoms with van der Waals surface area (Å²) in [5.74, 6) is 0.437. The number of hydrogen-bond acceptors (Lipinski definition) is 4. The quantitative estimate of drug-likeness (QED) is 0.346. The minimum atomic E-state index is 0.437.